The Morgan fingerprint density at radius 1 is 0.848 bits per heavy atom. The molecule has 164 valence electrons. The minimum absolute atomic E-state index is 0.0273. The molecule has 0 bridgehead atoms. The van der Waals surface area contributed by atoms with E-state index in [2.05, 4.69) is 0 Å². The minimum Gasteiger partial charge on any atom is -0.426 e. The Hall–Kier alpha value is -3.97. The number of hydrogen-bond donors (Lipinski definition) is 0. The topological polar surface area (TPSA) is 84.0 Å². The Balaban J connectivity index is 1.31. The van der Waals surface area contributed by atoms with E-state index < -0.39 is 23.7 Å². The summed E-state index contributed by atoms with van der Waals surface area (Å²) in [6.07, 6.45) is 0.0273. The Morgan fingerprint density at radius 3 is 2.18 bits per heavy atom. The van der Waals surface area contributed by atoms with Crippen molar-refractivity contribution in [3.05, 3.63) is 88.9 Å². The molecule has 0 aromatic heterocycles. The fourth-order valence-electron chi connectivity index (χ4n) is 4.05. The second-order valence-corrected chi connectivity index (χ2v) is 8.23. The number of carbonyl (C=O) groups is 4. The average molecular weight is 461 g/mol. The van der Waals surface area contributed by atoms with Crippen molar-refractivity contribution in [3.8, 4) is 5.75 Å². The molecule has 0 aliphatic carbocycles. The summed E-state index contributed by atoms with van der Waals surface area (Å²) >= 11 is 5.91. The number of nitrogens with zero attached hydrogens (tertiary/aromatic N) is 2. The van der Waals surface area contributed by atoms with Gasteiger partial charge in [0.05, 0.1) is 22.7 Å². The van der Waals surface area contributed by atoms with Gasteiger partial charge in [0.2, 0.25) is 5.91 Å². The molecule has 5 rings (SSSR count). The van der Waals surface area contributed by atoms with Gasteiger partial charge < -0.3 is 9.64 Å². The number of esters is 1. The Labute approximate surface area is 194 Å². The van der Waals surface area contributed by atoms with Crippen LogP contribution in [0.25, 0.3) is 0 Å². The lowest BCUT2D eigenvalue weighted by molar-refractivity contribution is -0.139. The molecule has 0 spiro atoms. The standard InChI is InChI=1S/C25H17ClN2O5/c26-16-8-10-17(11-9-16)27-14-15(12-22(27)29)25(32)33-19-5-3-4-18(13-19)28-23(30)20-6-1-2-7-21(20)24(28)31/h1-11,13,15H,12,14H2/t15-/m1/s1. The van der Waals surface area contributed by atoms with Crippen LogP contribution in [0.15, 0.2) is 72.8 Å². The van der Waals surface area contributed by atoms with E-state index >= 15 is 0 Å². The third-order valence-electron chi connectivity index (χ3n) is 5.68. The molecule has 1 saturated heterocycles. The summed E-state index contributed by atoms with van der Waals surface area (Å²) in [5.74, 6) is -2.06. The highest BCUT2D eigenvalue weighted by Gasteiger charge is 2.38. The molecule has 0 unspecified atom stereocenters. The lowest BCUT2D eigenvalue weighted by Crippen LogP contribution is -2.29. The summed E-state index contributed by atoms with van der Waals surface area (Å²) < 4.78 is 5.51. The Morgan fingerprint density at radius 2 is 1.52 bits per heavy atom. The molecular formula is C25H17ClN2O5. The van der Waals surface area contributed by atoms with Gasteiger partial charge in [0.25, 0.3) is 11.8 Å². The fourth-order valence-corrected chi connectivity index (χ4v) is 4.17. The van der Waals surface area contributed by atoms with E-state index in [4.69, 9.17) is 16.3 Å². The second kappa shape index (κ2) is 8.18. The zero-order valence-electron chi connectivity index (χ0n) is 17.2. The number of benzene rings is 3. The van der Waals surface area contributed by atoms with Gasteiger partial charge in [-0.05, 0) is 48.5 Å². The number of ether oxygens (including phenoxy) is 1. The van der Waals surface area contributed by atoms with E-state index in [-0.39, 0.29) is 24.6 Å². The van der Waals surface area contributed by atoms with Gasteiger partial charge in [0, 0.05) is 29.7 Å². The second-order valence-electron chi connectivity index (χ2n) is 7.79. The number of imide groups is 1. The predicted molar refractivity (Wildman–Crippen MR) is 122 cm³/mol. The third kappa shape index (κ3) is 3.76. The van der Waals surface area contributed by atoms with Crippen LogP contribution in [0, 0.1) is 5.92 Å². The molecule has 3 amide bonds. The summed E-state index contributed by atoms with van der Waals surface area (Å²) in [5.41, 5.74) is 1.62. The van der Waals surface area contributed by atoms with Gasteiger partial charge in [0.15, 0.2) is 0 Å². The Kier molecular flexibility index (Phi) is 5.18. The Bertz CT molecular complexity index is 1270. The van der Waals surface area contributed by atoms with Crippen molar-refractivity contribution in [2.24, 2.45) is 5.92 Å². The molecular weight excluding hydrogens is 444 g/mol. The molecule has 2 heterocycles. The first-order valence-electron chi connectivity index (χ1n) is 10.3. The van der Waals surface area contributed by atoms with Gasteiger partial charge in [-0.3, -0.25) is 19.2 Å². The van der Waals surface area contributed by atoms with E-state index in [1.54, 1.807) is 66.7 Å². The van der Waals surface area contributed by atoms with Gasteiger partial charge in [-0.25, -0.2) is 4.90 Å². The molecule has 2 aliphatic rings. The molecule has 0 radical (unpaired) electrons. The SMILES string of the molecule is O=C(Oc1cccc(N2C(=O)c3ccccc3C2=O)c1)[C@@H]1CC(=O)N(c2ccc(Cl)cc2)C1. The molecule has 3 aromatic carbocycles. The summed E-state index contributed by atoms with van der Waals surface area (Å²) in [7, 11) is 0. The molecule has 33 heavy (non-hydrogen) atoms. The van der Waals surface area contributed by atoms with Gasteiger partial charge in [-0.1, -0.05) is 29.8 Å². The molecule has 0 saturated carbocycles. The van der Waals surface area contributed by atoms with Crippen LogP contribution >= 0.6 is 11.6 Å². The van der Waals surface area contributed by atoms with Crippen LogP contribution in [0.3, 0.4) is 0 Å². The summed E-state index contributed by atoms with van der Waals surface area (Å²) in [6, 6.07) is 19.6. The fraction of sp³-hybridized carbons (Fsp3) is 0.120. The smallest absolute Gasteiger partial charge is 0.316 e. The van der Waals surface area contributed by atoms with Crippen molar-refractivity contribution in [1.29, 1.82) is 0 Å². The van der Waals surface area contributed by atoms with Crippen LogP contribution in [0.2, 0.25) is 5.02 Å². The van der Waals surface area contributed by atoms with E-state index in [0.717, 1.165) is 4.90 Å². The molecule has 1 atom stereocenters. The first kappa shape index (κ1) is 20.9. The maximum absolute atomic E-state index is 12.8. The number of halogens is 1. The lowest BCUT2D eigenvalue weighted by atomic mass is 10.1. The number of amides is 3. The van der Waals surface area contributed by atoms with Crippen molar-refractivity contribution in [3.63, 3.8) is 0 Å². The highest BCUT2D eigenvalue weighted by atomic mass is 35.5. The van der Waals surface area contributed by atoms with Gasteiger partial charge >= 0.3 is 5.97 Å². The molecule has 3 aromatic rings. The minimum atomic E-state index is -0.642. The van der Waals surface area contributed by atoms with Crippen LogP contribution in [0.1, 0.15) is 27.1 Å². The monoisotopic (exact) mass is 460 g/mol. The molecule has 7 nitrogen and oxygen atoms in total. The molecule has 0 N–H and O–H groups in total. The largest absolute Gasteiger partial charge is 0.426 e. The van der Waals surface area contributed by atoms with Gasteiger partial charge in [-0.2, -0.15) is 0 Å². The van der Waals surface area contributed by atoms with Crippen molar-refractivity contribution < 1.29 is 23.9 Å². The zero-order valence-corrected chi connectivity index (χ0v) is 18.0. The first-order chi connectivity index (χ1) is 15.9. The van der Waals surface area contributed by atoms with Crippen molar-refractivity contribution in [2.75, 3.05) is 16.3 Å². The first-order valence-corrected chi connectivity index (χ1v) is 10.7. The zero-order chi connectivity index (χ0) is 23.1. The molecule has 8 heteroatoms. The lowest BCUT2D eigenvalue weighted by Gasteiger charge is -2.17. The normalized spacial score (nSPS) is 17.5. The number of rotatable bonds is 4. The highest BCUT2D eigenvalue weighted by Crippen LogP contribution is 2.32. The molecule has 1 fully saturated rings. The summed E-state index contributed by atoms with van der Waals surface area (Å²) in [5, 5.41) is 0.555. The van der Waals surface area contributed by atoms with E-state index in [1.165, 1.54) is 11.0 Å². The highest BCUT2D eigenvalue weighted by molar-refractivity contribution is 6.34. The summed E-state index contributed by atoms with van der Waals surface area (Å²) in [6.45, 7) is 0.192. The van der Waals surface area contributed by atoms with Gasteiger partial charge in [0.1, 0.15) is 5.75 Å². The quantitative estimate of drug-likeness (QED) is 0.332. The van der Waals surface area contributed by atoms with Crippen LogP contribution in [-0.4, -0.2) is 30.2 Å². The van der Waals surface area contributed by atoms with E-state index in [1.807, 2.05) is 0 Å². The van der Waals surface area contributed by atoms with Crippen molar-refractivity contribution >= 4 is 46.7 Å². The number of carbonyl (C=O) groups excluding carboxylic acids is 4. The number of anilines is 2. The van der Waals surface area contributed by atoms with Crippen LogP contribution < -0.4 is 14.5 Å². The van der Waals surface area contributed by atoms with Crippen LogP contribution in [-0.2, 0) is 9.59 Å². The number of hydrogen-bond acceptors (Lipinski definition) is 5. The molecule has 2 aliphatic heterocycles. The van der Waals surface area contributed by atoms with E-state index in [0.29, 0.717) is 27.5 Å². The van der Waals surface area contributed by atoms with Crippen molar-refractivity contribution in [1.82, 2.24) is 0 Å². The average Bonchev–Trinajstić information content (AvgIpc) is 3.32. The van der Waals surface area contributed by atoms with E-state index in [9.17, 15) is 19.2 Å². The predicted octanol–water partition coefficient (Wildman–Crippen LogP) is 4.10. The third-order valence-corrected chi connectivity index (χ3v) is 5.94. The maximum atomic E-state index is 12.8. The van der Waals surface area contributed by atoms with Crippen LogP contribution in [0.4, 0.5) is 11.4 Å². The number of fused-ring (bicyclic) bond motifs is 1. The van der Waals surface area contributed by atoms with Gasteiger partial charge in [-0.15, -0.1) is 0 Å². The van der Waals surface area contributed by atoms with Crippen LogP contribution in [0.5, 0.6) is 5.75 Å². The summed E-state index contributed by atoms with van der Waals surface area (Å²) in [4.78, 5) is 53.2. The van der Waals surface area contributed by atoms with Crippen molar-refractivity contribution in [2.45, 2.75) is 6.42 Å². The maximum Gasteiger partial charge on any atom is 0.316 e.